The first kappa shape index (κ1) is 12.4. The van der Waals surface area contributed by atoms with Gasteiger partial charge in [-0.25, -0.2) is 0 Å². The van der Waals surface area contributed by atoms with E-state index in [9.17, 15) is 18.0 Å². The minimum absolute atomic E-state index is 0.0962. The topological polar surface area (TPSA) is 46.5 Å². The van der Waals surface area contributed by atoms with Gasteiger partial charge in [-0.05, 0) is 18.1 Å². The van der Waals surface area contributed by atoms with Crippen molar-refractivity contribution in [3.05, 3.63) is 23.8 Å². The van der Waals surface area contributed by atoms with Gasteiger partial charge in [-0.3, -0.25) is 0 Å². The maximum absolute atomic E-state index is 12.0. The predicted molar refractivity (Wildman–Crippen MR) is 49.2 cm³/mol. The molecule has 0 radical (unpaired) electrons. The summed E-state index contributed by atoms with van der Waals surface area (Å²) in [7, 11) is 0. The van der Waals surface area contributed by atoms with Gasteiger partial charge in [0.1, 0.15) is 17.8 Å². The number of alkyl halides is 3. The highest BCUT2D eigenvalue weighted by atomic mass is 19.4. The van der Waals surface area contributed by atoms with E-state index in [0.29, 0.717) is 6.29 Å². The van der Waals surface area contributed by atoms with Gasteiger partial charge in [-0.1, -0.05) is 6.07 Å². The fourth-order valence-corrected chi connectivity index (χ4v) is 1.18. The zero-order chi connectivity index (χ0) is 12.2. The number of benzene rings is 1. The van der Waals surface area contributed by atoms with Crippen LogP contribution in [0.4, 0.5) is 13.2 Å². The van der Waals surface area contributed by atoms with Crippen molar-refractivity contribution in [3.8, 4) is 11.5 Å². The Hall–Kier alpha value is -1.72. The molecule has 1 aromatic carbocycles. The fraction of sp³-hybridized carbons (Fsp3) is 0.300. The second-order valence-electron chi connectivity index (χ2n) is 3.05. The van der Waals surface area contributed by atoms with E-state index in [4.69, 9.17) is 5.11 Å². The molecule has 0 saturated heterocycles. The van der Waals surface area contributed by atoms with E-state index in [1.807, 2.05) is 0 Å². The van der Waals surface area contributed by atoms with Crippen molar-refractivity contribution in [2.75, 3.05) is 0 Å². The Balaban J connectivity index is 2.93. The number of phenolic OH excluding ortho intramolecular Hbond substituents is 1. The number of ether oxygens (including phenoxy) is 1. The van der Waals surface area contributed by atoms with Crippen LogP contribution in [0.25, 0.3) is 0 Å². The summed E-state index contributed by atoms with van der Waals surface area (Å²) in [5.41, 5.74) is 0.224. The molecule has 88 valence electrons. The third kappa shape index (κ3) is 3.80. The van der Waals surface area contributed by atoms with Crippen molar-refractivity contribution in [1.82, 2.24) is 0 Å². The van der Waals surface area contributed by atoms with Crippen LogP contribution in [-0.2, 0) is 11.2 Å². The summed E-state index contributed by atoms with van der Waals surface area (Å²) in [6, 6.07) is 3.40. The number of halogens is 3. The lowest BCUT2D eigenvalue weighted by Gasteiger charge is -2.12. The van der Waals surface area contributed by atoms with Crippen LogP contribution in [0.15, 0.2) is 18.2 Å². The van der Waals surface area contributed by atoms with E-state index in [1.165, 1.54) is 12.1 Å². The summed E-state index contributed by atoms with van der Waals surface area (Å²) in [6.45, 7) is 0. The number of aromatic hydroxyl groups is 1. The summed E-state index contributed by atoms with van der Waals surface area (Å²) in [4.78, 5) is 10.1. The van der Waals surface area contributed by atoms with Crippen molar-refractivity contribution >= 4 is 6.29 Å². The van der Waals surface area contributed by atoms with Crippen molar-refractivity contribution in [3.63, 3.8) is 0 Å². The largest absolute Gasteiger partial charge is 0.573 e. The summed E-state index contributed by atoms with van der Waals surface area (Å²) in [5, 5.41) is 9.04. The van der Waals surface area contributed by atoms with E-state index < -0.39 is 12.1 Å². The van der Waals surface area contributed by atoms with Crippen LogP contribution in [-0.4, -0.2) is 17.8 Å². The summed E-state index contributed by atoms with van der Waals surface area (Å²) >= 11 is 0. The first-order chi connectivity index (χ1) is 7.42. The molecule has 0 heterocycles. The van der Waals surface area contributed by atoms with Gasteiger partial charge in [-0.2, -0.15) is 0 Å². The van der Waals surface area contributed by atoms with Gasteiger partial charge in [0.15, 0.2) is 0 Å². The van der Waals surface area contributed by atoms with Crippen LogP contribution < -0.4 is 4.74 Å². The quantitative estimate of drug-likeness (QED) is 0.814. The van der Waals surface area contributed by atoms with Gasteiger partial charge in [0.25, 0.3) is 0 Å². The van der Waals surface area contributed by atoms with Gasteiger partial charge < -0.3 is 14.6 Å². The number of hydrogen-bond donors (Lipinski definition) is 1. The average molecular weight is 234 g/mol. The normalized spacial score (nSPS) is 11.2. The van der Waals surface area contributed by atoms with Gasteiger partial charge in [0.05, 0.1) is 0 Å². The zero-order valence-electron chi connectivity index (χ0n) is 8.12. The lowest BCUT2D eigenvalue weighted by molar-refractivity contribution is -0.274. The molecule has 0 unspecified atom stereocenters. The summed E-state index contributed by atoms with van der Waals surface area (Å²) < 4.78 is 39.7. The molecule has 3 nitrogen and oxygen atoms in total. The number of rotatable bonds is 4. The minimum Gasteiger partial charge on any atom is -0.508 e. The molecule has 0 aromatic heterocycles. The number of carbonyl (C=O) groups is 1. The fourth-order valence-electron chi connectivity index (χ4n) is 1.18. The van der Waals surface area contributed by atoms with Crippen LogP contribution in [0.5, 0.6) is 11.5 Å². The highest BCUT2D eigenvalue weighted by molar-refractivity contribution is 5.51. The molecule has 0 bridgehead atoms. The monoisotopic (exact) mass is 234 g/mol. The molecule has 0 aliphatic heterocycles. The second-order valence-corrected chi connectivity index (χ2v) is 3.05. The second kappa shape index (κ2) is 4.87. The molecule has 1 N–H and O–H groups in total. The van der Waals surface area contributed by atoms with Gasteiger partial charge in [-0.15, -0.1) is 13.2 Å². The van der Waals surface area contributed by atoms with Crippen LogP contribution in [0.2, 0.25) is 0 Å². The molecule has 0 atom stereocenters. The number of hydrogen-bond acceptors (Lipinski definition) is 3. The van der Waals surface area contributed by atoms with Crippen LogP contribution in [0.3, 0.4) is 0 Å². The molecule has 0 amide bonds. The van der Waals surface area contributed by atoms with Crippen molar-refractivity contribution in [2.45, 2.75) is 19.2 Å². The van der Waals surface area contributed by atoms with Gasteiger partial charge in [0.2, 0.25) is 0 Å². The van der Waals surface area contributed by atoms with Crippen LogP contribution in [0.1, 0.15) is 12.0 Å². The SMILES string of the molecule is O=CCCc1ccc(O)cc1OC(F)(F)F. The Morgan fingerprint density at radius 3 is 2.62 bits per heavy atom. The molecular weight excluding hydrogens is 225 g/mol. The molecule has 1 rings (SSSR count). The maximum Gasteiger partial charge on any atom is 0.573 e. The molecule has 16 heavy (non-hydrogen) atoms. The predicted octanol–water partition coefficient (Wildman–Crippen LogP) is 2.42. The molecule has 0 aliphatic rings. The van der Waals surface area contributed by atoms with Gasteiger partial charge in [0, 0.05) is 12.5 Å². The third-order valence-electron chi connectivity index (χ3n) is 1.81. The Morgan fingerprint density at radius 1 is 1.38 bits per heavy atom. The van der Waals surface area contributed by atoms with Crippen molar-refractivity contribution < 1.29 is 27.8 Å². The van der Waals surface area contributed by atoms with E-state index in [2.05, 4.69) is 4.74 Å². The Labute approximate surface area is 89.5 Å². The number of carbonyl (C=O) groups excluding carboxylic acids is 1. The first-order valence-corrected chi connectivity index (χ1v) is 4.43. The average Bonchev–Trinajstić information content (AvgIpc) is 2.14. The lowest BCUT2D eigenvalue weighted by Crippen LogP contribution is -2.18. The lowest BCUT2D eigenvalue weighted by atomic mass is 10.1. The zero-order valence-corrected chi connectivity index (χ0v) is 8.12. The van der Waals surface area contributed by atoms with E-state index in [-0.39, 0.29) is 24.2 Å². The van der Waals surface area contributed by atoms with E-state index >= 15 is 0 Å². The maximum atomic E-state index is 12.0. The Morgan fingerprint density at radius 2 is 2.06 bits per heavy atom. The third-order valence-corrected chi connectivity index (χ3v) is 1.81. The highest BCUT2D eigenvalue weighted by Crippen LogP contribution is 2.30. The van der Waals surface area contributed by atoms with Crippen LogP contribution >= 0.6 is 0 Å². The smallest absolute Gasteiger partial charge is 0.508 e. The molecule has 6 heteroatoms. The Bertz CT molecular complexity index is 374. The van der Waals surface area contributed by atoms with Gasteiger partial charge >= 0.3 is 6.36 Å². The minimum atomic E-state index is -4.82. The standard InChI is InChI=1S/C10H9F3O3/c11-10(12,13)16-9-6-8(15)4-3-7(9)2-1-5-14/h3-6,15H,1-2H2. The number of phenols is 1. The molecule has 0 aliphatic carbocycles. The van der Waals surface area contributed by atoms with E-state index in [0.717, 1.165) is 6.07 Å². The van der Waals surface area contributed by atoms with Crippen molar-refractivity contribution in [2.24, 2.45) is 0 Å². The number of aldehydes is 1. The van der Waals surface area contributed by atoms with E-state index in [1.54, 1.807) is 0 Å². The molecule has 0 spiro atoms. The molecular formula is C10H9F3O3. The van der Waals surface area contributed by atoms with Crippen molar-refractivity contribution in [1.29, 1.82) is 0 Å². The molecule has 1 aromatic rings. The summed E-state index contributed by atoms with van der Waals surface area (Å²) in [5.74, 6) is -0.802. The molecule has 0 saturated carbocycles. The Kier molecular flexibility index (Phi) is 3.76. The van der Waals surface area contributed by atoms with Crippen LogP contribution in [0, 0.1) is 0 Å². The number of aryl methyl sites for hydroxylation is 1. The molecule has 0 fully saturated rings. The first-order valence-electron chi connectivity index (χ1n) is 4.43. The highest BCUT2D eigenvalue weighted by Gasteiger charge is 2.32. The summed E-state index contributed by atoms with van der Waals surface area (Å²) in [6.07, 6.45) is -3.98.